The van der Waals surface area contributed by atoms with Crippen LogP contribution in [0.15, 0.2) is 59.7 Å². The van der Waals surface area contributed by atoms with E-state index in [0.717, 1.165) is 64.6 Å². The third kappa shape index (κ3) is 3.06. The predicted octanol–water partition coefficient (Wildman–Crippen LogP) is 4.95. The zero-order valence-corrected chi connectivity index (χ0v) is 18.7. The molecule has 2 aliphatic heterocycles. The van der Waals surface area contributed by atoms with Gasteiger partial charge >= 0.3 is 0 Å². The molecular weight excluding hydrogens is 419 g/mol. The SMILES string of the molecule is COc1cc(C=C2CCCN3C2=NOC32CCc3c(F)cccc32)ccc1-n1cnc(C)c1. The van der Waals surface area contributed by atoms with Crippen molar-refractivity contribution in [2.75, 3.05) is 13.7 Å². The number of benzene rings is 2. The fourth-order valence-corrected chi connectivity index (χ4v) is 5.32. The smallest absolute Gasteiger partial charge is 0.237 e. The van der Waals surface area contributed by atoms with Crippen LogP contribution in [0.1, 0.15) is 41.6 Å². The van der Waals surface area contributed by atoms with Crippen LogP contribution in [0, 0.1) is 12.7 Å². The van der Waals surface area contributed by atoms with Gasteiger partial charge in [-0.1, -0.05) is 23.4 Å². The van der Waals surface area contributed by atoms with Gasteiger partial charge in [0.15, 0.2) is 5.84 Å². The Bertz CT molecular complexity index is 1310. The van der Waals surface area contributed by atoms with E-state index in [1.54, 1.807) is 19.5 Å². The van der Waals surface area contributed by atoms with Crippen molar-refractivity contribution in [2.24, 2.45) is 5.16 Å². The lowest BCUT2D eigenvalue weighted by atomic mass is 9.95. The second kappa shape index (κ2) is 7.47. The number of aryl methyl sites for hydroxylation is 1. The zero-order valence-electron chi connectivity index (χ0n) is 18.7. The Morgan fingerprint density at radius 2 is 2.12 bits per heavy atom. The molecule has 0 bridgehead atoms. The second-order valence-corrected chi connectivity index (χ2v) is 8.83. The Kier molecular flexibility index (Phi) is 4.54. The maximum atomic E-state index is 14.4. The van der Waals surface area contributed by atoms with Crippen molar-refractivity contribution in [2.45, 2.75) is 38.3 Å². The third-order valence-corrected chi connectivity index (χ3v) is 6.88. The number of halogens is 1. The van der Waals surface area contributed by atoms with Gasteiger partial charge in [-0.2, -0.15) is 0 Å². The average Bonchev–Trinajstić information content (AvgIpc) is 3.54. The molecule has 33 heavy (non-hydrogen) atoms. The molecular formula is C26H25FN4O2. The lowest BCUT2D eigenvalue weighted by Gasteiger charge is -2.38. The Morgan fingerprint density at radius 1 is 1.21 bits per heavy atom. The summed E-state index contributed by atoms with van der Waals surface area (Å²) in [5.41, 5.74) is 5.02. The van der Waals surface area contributed by atoms with Gasteiger partial charge in [-0.05, 0) is 67.2 Å². The number of methoxy groups -OCH3 is 1. The first kappa shape index (κ1) is 20.0. The van der Waals surface area contributed by atoms with E-state index in [2.05, 4.69) is 27.2 Å². The number of amidine groups is 1. The van der Waals surface area contributed by atoms with Crippen molar-refractivity contribution < 1.29 is 14.0 Å². The van der Waals surface area contributed by atoms with Crippen molar-refractivity contribution in [3.8, 4) is 11.4 Å². The molecule has 7 heteroatoms. The minimum atomic E-state index is -0.687. The minimum Gasteiger partial charge on any atom is -0.495 e. The summed E-state index contributed by atoms with van der Waals surface area (Å²) in [7, 11) is 1.68. The number of piperidine rings is 1. The summed E-state index contributed by atoms with van der Waals surface area (Å²) in [6.45, 7) is 2.80. The Balaban J connectivity index is 1.34. The summed E-state index contributed by atoms with van der Waals surface area (Å²) in [6, 6.07) is 11.4. The summed E-state index contributed by atoms with van der Waals surface area (Å²) < 4.78 is 22.0. The summed E-state index contributed by atoms with van der Waals surface area (Å²) in [6.07, 6.45) is 9.18. The van der Waals surface area contributed by atoms with Crippen LogP contribution in [0.5, 0.6) is 5.75 Å². The Morgan fingerprint density at radius 3 is 2.94 bits per heavy atom. The van der Waals surface area contributed by atoms with Crippen molar-refractivity contribution in [1.82, 2.24) is 14.5 Å². The highest BCUT2D eigenvalue weighted by molar-refractivity contribution is 6.03. The highest BCUT2D eigenvalue weighted by atomic mass is 19.1. The highest BCUT2D eigenvalue weighted by Crippen LogP contribution is 2.49. The highest BCUT2D eigenvalue weighted by Gasteiger charge is 2.53. The molecule has 1 unspecified atom stereocenters. The van der Waals surface area contributed by atoms with Crippen LogP contribution in [0.3, 0.4) is 0 Å². The first-order valence-electron chi connectivity index (χ1n) is 11.3. The van der Waals surface area contributed by atoms with Gasteiger partial charge in [-0.15, -0.1) is 0 Å². The molecule has 1 fully saturated rings. The molecule has 1 spiro atoms. The van der Waals surface area contributed by atoms with Crippen LogP contribution in [0.4, 0.5) is 4.39 Å². The molecule has 1 atom stereocenters. The van der Waals surface area contributed by atoms with E-state index in [9.17, 15) is 4.39 Å². The fraction of sp³-hybridized carbons (Fsp3) is 0.308. The standard InChI is InChI=1S/C26H25FN4O2/c1-17-15-30(16-28-17)23-9-8-18(14-24(23)32-2)13-19-5-4-12-31-25(19)29-33-26(31)11-10-20-21(26)6-3-7-22(20)27/h3,6-9,13-16H,4-5,10-12H2,1-2H3. The van der Waals surface area contributed by atoms with Crippen molar-refractivity contribution in [1.29, 1.82) is 0 Å². The fourth-order valence-electron chi connectivity index (χ4n) is 5.32. The van der Waals surface area contributed by atoms with Crippen LogP contribution < -0.4 is 4.74 Å². The molecule has 6 rings (SSSR count). The molecule has 3 aromatic rings. The largest absolute Gasteiger partial charge is 0.495 e. The van der Waals surface area contributed by atoms with Gasteiger partial charge in [0, 0.05) is 24.7 Å². The van der Waals surface area contributed by atoms with E-state index in [4.69, 9.17) is 9.57 Å². The molecule has 0 N–H and O–H groups in total. The molecule has 3 aliphatic rings. The number of ether oxygens (including phenoxy) is 1. The molecule has 1 aromatic heterocycles. The van der Waals surface area contributed by atoms with Gasteiger partial charge in [0.25, 0.3) is 0 Å². The van der Waals surface area contributed by atoms with E-state index < -0.39 is 5.72 Å². The quantitative estimate of drug-likeness (QED) is 0.574. The number of oxime groups is 1. The number of rotatable bonds is 3. The molecule has 0 radical (unpaired) electrons. The molecule has 0 saturated carbocycles. The van der Waals surface area contributed by atoms with Crippen molar-refractivity contribution in [3.05, 3.63) is 82.7 Å². The monoisotopic (exact) mass is 444 g/mol. The lowest BCUT2D eigenvalue weighted by molar-refractivity contribution is -0.105. The molecule has 0 amide bonds. The molecule has 168 valence electrons. The van der Waals surface area contributed by atoms with E-state index >= 15 is 0 Å². The number of fused-ring (bicyclic) bond motifs is 4. The van der Waals surface area contributed by atoms with Crippen LogP contribution in [0.2, 0.25) is 0 Å². The van der Waals surface area contributed by atoms with Crippen LogP contribution >= 0.6 is 0 Å². The van der Waals surface area contributed by atoms with Crippen LogP contribution in [-0.4, -0.2) is 33.9 Å². The maximum absolute atomic E-state index is 14.4. The van der Waals surface area contributed by atoms with E-state index in [-0.39, 0.29) is 5.82 Å². The molecule has 6 nitrogen and oxygen atoms in total. The van der Waals surface area contributed by atoms with Gasteiger partial charge in [0.1, 0.15) is 11.6 Å². The Hall–Kier alpha value is -3.61. The Labute approximate surface area is 191 Å². The summed E-state index contributed by atoms with van der Waals surface area (Å²) in [4.78, 5) is 12.6. The number of hydrogen-bond donors (Lipinski definition) is 0. The minimum absolute atomic E-state index is 0.158. The predicted molar refractivity (Wildman–Crippen MR) is 124 cm³/mol. The maximum Gasteiger partial charge on any atom is 0.237 e. The number of hydrogen-bond acceptors (Lipinski definition) is 5. The molecule has 2 aromatic carbocycles. The summed E-state index contributed by atoms with van der Waals surface area (Å²) >= 11 is 0. The van der Waals surface area contributed by atoms with Gasteiger partial charge in [-0.3, -0.25) is 0 Å². The number of nitrogens with zero attached hydrogens (tertiary/aromatic N) is 4. The number of aromatic nitrogens is 2. The first-order chi connectivity index (χ1) is 16.1. The molecule has 1 saturated heterocycles. The van der Waals surface area contributed by atoms with Gasteiger partial charge < -0.3 is 19.0 Å². The van der Waals surface area contributed by atoms with E-state index in [0.29, 0.717) is 12.8 Å². The molecule has 3 heterocycles. The topological polar surface area (TPSA) is 51.9 Å². The molecule has 1 aliphatic carbocycles. The van der Waals surface area contributed by atoms with Gasteiger partial charge in [-0.25, -0.2) is 9.37 Å². The van der Waals surface area contributed by atoms with Gasteiger partial charge in [0.2, 0.25) is 5.72 Å². The third-order valence-electron chi connectivity index (χ3n) is 6.88. The van der Waals surface area contributed by atoms with Crippen molar-refractivity contribution >= 4 is 11.9 Å². The van der Waals surface area contributed by atoms with Crippen molar-refractivity contribution in [3.63, 3.8) is 0 Å². The normalized spacial score (nSPS) is 22.3. The van der Waals surface area contributed by atoms with E-state index in [1.807, 2.05) is 35.9 Å². The second-order valence-electron chi connectivity index (χ2n) is 8.83. The average molecular weight is 445 g/mol. The number of imidazole rings is 1. The van der Waals surface area contributed by atoms with Crippen LogP contribution in [0.25, 0.3) is 11.8 Å². The lowest BCUT2D eigenvalue weighted by Crippen LogP contribution is -2.47. The zero-order chi connectivity index (χ0) is 22.6. The van der Waals surface area contributed by atoms with E-state index in [1.165, 1.54) is 6.07 Å². The van der Waals surface area contributed by atoms with Gasteiger partial charge in [0.05, 0.1) is 24.8 Å². The summed E-state index contributed by atoms with van der Waals surface area (Å²) in [5, 5.41) is 4.52. The van der Waals surface area contributed by atoms with Crippen LogP contribution in [-0.2, 0) is 17.0 Å². The summed E-state index contributed by atoms with van der Waals surface area (Å²) in [5.74, 6) is 1.47. The first-order valence-corrected chi connectivity index (χ1v) is 11.3.